The summed E-state index contributed by atoms with van der Waals surface area (Å²) < 4.78 is 0. The van der Waals surface area contributed by atoms with Crippen molar-refractivity contribution >= 4 is 35.2 Å². The van der Waals surface area contributed by atoms with Gasteiger partial charge < -0.3 is 0 Å². The van der Waals surface area contributed by atoms with E-state index in [2.05, 4.69) is 5.80 Å². The lowest BCUT2D eigenvalue weighted by Crippen LogP contribution is -1.86. The second kappa shape index (κ2) is 1.91. The number of hydrogen-bond acceptors (Lipinski definition) is 0. The largest absolute Gasteiger partial charge is 0.120 e. The Morgan fingerprint density at radius 1 is 1.83 bits per heavy atom. The summed E-state index contributed by atoms with van der Waals surface area (Å²) in [6.07, 6.45) is 0. The van der Waals surface area contributed by atoms with Gasteiger partial charge in [0.05, 0.1) is 0 Å². The first-order valence-corrected chi connectivity index (χ1v) is 3.92. The molecule has 0 saturated heterocycles. The van der Waals surface area contributed by atoms with Gasteiger partial charge in [0, 0.05) is 5.90 Å². The molecule has 0 aromatic heterocycles. The van der Waals surface area contributed by atoms with E-state index in [4.69, 9.17) is 7.85 Å². The Hall–Kier alpha value is 0.405. The highest BCUT2D eigenvalue weighted by Gasteiger charge is 1.85. The highest BCUT2D eigenvalue weighted by Crippen LogP contribution is 2.14. The Balaban J connectivity index is 2.68. The van der Waals surface area contributed by atoms with E-state index in [0.717, 1.165) is 5.19 Å². The van der Waals surface area contributed by atoms with Crippen LogP contribution < -0.4 is 0 Å². The summed E-state index contributed by atoms with van der Waals surface area (Å²) >= 11 is 0. The van der Waals surface area contributed by atoms with E-state index in [1.165, 1.54) is 22.3 Å². The second-order valence-electron chi connectivity index (χ2n) is 1.04. The summed E-state index contributed by atoms with van der Waals surface area (Å²) in [4.78, 5) is 0. The molecule has 28 valence electrons. The molecule has 1 heterocycles. The van der Waals surface area contributed by atoms with Crippen LogP contribution in [0.4, 0.5) is 0 Å². The van der Waals surface area contributed by atoms with Crippen molar-refractivity contribution in [2.24, 2.45) is 0 Å². The molecule has 0 atom stereocenters. The van der Waals surface area contributed by atoms with Crippen LogP contribution in [-0.2, 0) is 0 Å². The van der Waals surface area contributed by atoms with Crippen LogP contribution in [0.2, 0.25) is 0 Å². The fraction of sp³-hybridized carbons (Fsp3) is 0.333. The quantitative estimate of drug-likeness (QED) is 0.323. The molecule has 0 aromatic carbocycles. The molecule has 0 fully saturated rings. The second-order valence-corrected chi connectivity index (χ2v) is 3.62. The van der Waals surface area contributed by atoms with Gasteiger partial charge in [-0.15, -0.1) is 8.20 Å². The van der Waals surface area contributed by atoms with Gasteiger partial charge in [-0.2, -0.15) is 0 Å². The van der Waals surface area contributed by atoms with E-state index in [-0.39, 0.29) is 0 Å². The molecular weight excluding hydrogens is 109 g/mol. The number of hydrogen-bond donors (Lipinski definition) is 0. The van der Waals surface area contributed by atoms with Crippen molar-refractivity contribution in [3.05, 3.63) is 0 Å². The van der Waals surface area contributed by atoms with E-state index in [1.54, 1.807) is 0 Å². The maximum atomic E-state index is 5.38. The van der Waals surface area contributed by atoms with Crippen LogP contribution in [0.5, 0.6) is 0 Å². The molecule has 0 spiro atoms. The smallest absolute Gasteiger partial charge is 0.103 e. The maximum Gasteiger partial charge on any atom is 0.120 e. The van der Waals surface area contributed by atoms with Crippen LogP contribution in [-0.4, -0.2) is 24.7 Å². The van der Waals surface area contributed by atoms with Crippen molar-refractivity contribution in [2.75, 3.05) is 5.90 Å². The van der Waals surface area contributed by atoms with Crippen LogP contribution in [0.1, 0.15) is 0 Å². The average molecular weight is 112 g/mol. The molecule has 1 rings (SSSR count). The van der Waals surface area contributed by atoms with Gasteiger partial charge in [0.25, 0.3) is 0 Å². The summed E-state index contributed by atoms with van der Waals surface area (Å²) in [6.45, 7) is 0. The van der Waals surface area contributed by atoms with Gasteiger partial charge in [-0.1, -0.05) is 13.4 Å². The summed E-state index contributed by atoms with van der Waals surface area (Å²) in [5, 5.41) is 1.04. The summed E-state index contributed by atoms with van der Waals surface area (Å²) in [5.74, 6) is 3.27. The van der Waals surface area contributed by atoms with Crippen LogP contribution >= 0.6 is 16.4 Å². The van der Waals surface area contributed by atoms with Gasteiger partial charge in [-0.05, 0) is 5.80 Å². The van der Waals surface area contributed by atoms with Crippen molar-refractivity contribution in [3.63, 3.8) is 0 Å². The minimum absolute atomic E-state index is 1.04. The standard InChI is InChI=1S/C3H3BP2/c4-3-1-5-2-6-3/h1H,2H2. The highest BCUT2D eigenvalue weighted by molar-refractivity contribution is 7.69. The third-order valence-electron chi connectivity index (χ3n) is 0.558. The van der Waals surface area contributed by atoms with Gasteiger partial charge in [0.15, 0.2) is 0 Å². The van der Waals surface area contributed by atoms with Crippen LogP contribution in [0.15, 0.2) is 0 Å². The first kappa shape index (κ1) is 4.56. The van der Waals surface area contributed by atoms with Gasteiger partial charge in [-0.3, -0.25) is 0 Å². The van der Waals surface area contributed by atoms with Crippen molar-refractivity contribution in [3.8, 4) is 0 Å². The van der Waals surface area contributed by atoms with E-state index in [0.29, 0.717) is 0 Å². The fourth-order valence-corrected chi connectivity index (χ4v) is 2.36. The molecule has 0 saturated carbocycles. The highest BCUT2D eigenvalue weighted by atomic mass is 31.1. The molecule has 0 aliphatic carbocycles. The maximum absolute atomic E-state index is 5.38. The molecule has 0 nitrogen and oxygen atoms in total. The summed E-state index contributed by atoms with van der Waals surface area (Å²) in [7, 11) is 8.08. The molecule has 0 amide bonds. The fourth-order valence-electron chi connectivity index (χ4n) is 0.298. The van der Waals surface area contributed by atoms with Crippen molar-refractivity contribution in [2.45, 2.75) is 0 Å². The summed E-state index contributed by atoms with van der Waals surface area (Å²) in [5.41, 5.74) is 0. The zero-order valence-electron chi connectivity index (χ0n) is 3.26. The zero-order valence-corrected chi connectivity index (χ0v) is 5.05. The molecule has 0 aromatic rings. The lowest BCUT2D eigenvalue weighted by atomic mass is 10.1. The predicted molar refractivity (Wildman–Crippen MR) is 35.5 cm³/mol. The summed E-state index contributed by atoms with van der Waals surface area (Å²) in [6, 6.07) is 0. The van der Waals surface area contributed by atoms with Crippen molar-refractivity contribution in [1.29, 1.82) is 0 Å². The first-order valence-electron chi connectivity index (χ1n) is 1.69. The molecule has 1 aliphatic heterocycles. The van der Waals surface area contributed by atoms with Crippen LogP contribution in [0, 0.1) is 0 Å². The molecule has 1 aliphatic rings. The molecule has 3 heteroatoms. The molecule has 6 heavy (non-hydrogen) atoms. The lowest BCUT2D eigenvalue weighted by molar-refractivity contribution is 2.31. The van der Waals surface area contributed by atoms with E-state index in [1.807, 2.05) is 0 Å². The van der Waals surface area contributed by atoms with Gasteiger partial charge >= 0.3 is 0 Å². The van der Waals surface area contributed by atoms with E-state index >= 15 is 0 Å². The number of rotatable bonds is 0. The van der Waals surface area contributed by atoms with Crippen molar-refractivity contribution < 1.29 is 0 Å². The third-order valence-corrected chi connectivity index (χ3v) is 2.94. The van der Waals surface area contributed by atoms with Crippen molar-refractivity contribution in [1.82, 2.24) is 0 Å². The van der Waals surface area contributed by atoms with Gasteiger partial charge in [0.1, 0.15) is 7.85 Å². The molecule has 0 bridgehead atoms. The minimum atomic E-state index is 1.04. The Morgan fingerprint density at radius 2 is 2.67 bits per heavy atom. The van der Waals surface area contributed by atoms with Crippen LogP contribution in [0.3, 0.4) is 0 Å². The first-order chi connectivity index (χ1) is 2.89. The normalized spacial score (nSPS) is 23.7. The zero-order chi connectivity index (χ0) is 4.41. The lowest BCUT2D eigenvalue weighted by Gasteiger charge is -1.71. The Morgan fingerprint density at radius 3 is 2.83 bits per heavy atom. The van der Waals surface area contributed by atoms with Gasteiger partial charge in [-0.25, -0.2) is 0 Å². The topological polar surface area (TPSA) is 0 Å². The SMILES string of the molecule is [B]C1=PCP=C1. The van der Waals surface area contributed by atoms with Crippen LogP contribution in [0.25, 0.3) is 0 Å². The Bertz CT molecular complexity index is 103. The Labute approximate surface area is 42.0 Å². The Kier molecular flexibility index (Phi) is 1.45. The molecule has 0 N–H and O–H groups in total. The van der Waals surface area contributed by atoms with E-state index < -0.39 is 0 Å². The van der Waals surface area contributed by atoms with Gasteiger partial charge in [0.2, 0.25) is 0 Å². The van der Waals surface area contributed by atoms with E-state index in [9.17, 15) is 0 Å². The minimum Gasteiger partial charge on any atom is -0.103 e. The molecule has 0 unspecified atom stereocenters. The molecule has 2 radical (unpaired) electrons. The third kappa shape index (κ3) is 0.931. The monoisotopic (exact) mass is 112 g/mol. The predicted octanol–water partition coefficient (Wildman–Crippen LogP) is 0.950. The average Bonchev–Trinajstić information content (AvgIpc) is 1.86. The molecular formula is C3H3BP2.